The second-order valence-electron chi connectivity index (χ2n) is 4.93. The van der Waals surface area contributed by atoms with Gasteiger partial charge in [0.05, 0.1) is 0 Å². The van der Waals surface area contributed by atoms with Crippen molar-refractivity contribution in [3.8, 4) is 0 Å². The summed E-state index contributed by atoms with van der Waals surface area (Å²) in [6.45, 7) is 0.800. The average Bonchev–Trinajstić information content (AvgIpc) is 2.89. The molecule has 0 aromatic heterocycles. The van der Waals surface area contributed by atoms with Crippen molar-refractivity contribution in [2.75, 3.05) is 6.54 Å². The highest BCUT2D eigenvalue weighted by Gasteiger charge is 2.46. The van der Waals surface area contributed by atoms with Gasteiger partial charge in [-0.1, -0.05) is 28.1 Å². The standard InChI is InChI=1S/C13H17BrN2/c14-9-3-1-8(2-4-9)13-10(7-15)11-5-6-12(13)16-11/h1-4,10-13,16H,5-7,15H2. The van der Waals surface area contributed by atoms with Crippen molar-refractivity contribution in [2.45, 2.75) is 30.8 Å². The third kappa shape index (κ3) is 1.62. The summed E-state index contributed by atoms with van der Waals surface area (Å²) in [5.41, 5.74) is 7.37. The van der Waals surface area contributed by atoms with Gasteiger partial charge in [-0.25, -0.2) is 0 Å². The zero-order valence-corrected chi connectivity index (χ0v) is 10.8. The van der Waals surface area contributed by atoms with E-state index >= 15 is 0 Å². The predicted molar refractivity (Wildman–Crippen MR) is 69.4 cm³/mol. The monoisotopic (exact) mass is 280 g/mol. The van der Waals surface area contributed by atoms with Crippen LogP contribution in [0, 0.1) is 5.92 Å². The summed E-state index contributed by atoms with van der Waals surface area (Å²) in [6, 6.07) is 10.0. The van der Waals surface area contributed by atoms with Crippen molar-refractivity contribution in [1.29, 1.82) is 0 Å². The molecule has 2 fully saturated rings. The van der Waals surface area contributed by atoms with Crippen LogP contribution < -0.4 is 11.1 Å². The molecule has 0 aliphatic carbocycles. The number of fused-ring (bicyclic) bond motifs is 2. The van der Waals surface area contributed by atoms with Crippen LogP contribution >= 0.6 is 15.9 Å². The number of hydrogen-bond acceptors (Lipinski definition) is 2. The van der Waals surface area contributed by atoms with Crippen LogP contribution in [0.1, 0.15) is 24.3 Å². The van der Waals surface area contributed by atoms with Gasteiger partial charge in [-0.2, -0.15) is 0 Å². The zero-order chi connectivity index (χ0) is 11.1. The van der Waals surface area contributed by atoms with Gasteiger partial charge < -0.3 is 11.1 Å². The molecule has 86 valence electrons. The van der Waals surface area contributed by atoms with Crippen molar-refractivity contribution in [3.05, 3.63) is 34.3 Å². The van der Waals surface area contributed by atoms with Gasteiger partial charge in [0, 0.05) is 22.5 Å². The second kappa shape index (κ2) is 4.13. The molecular weight excluding hydrogens is 264 g/mol. The lowest BCUT2D eigenvalue weighted by molar-refractivity contribution is 0.365. The molecule has 0 radical (unpaired) electrons. The van der Waals surface area contributed by atoms with Gasteiger partial charge >= 0.3 is 0 Å². The molecule has 2 aliphatic rings. The zero-order valence-electron chi connectivity index (χ0n) is 9.20. The van der Waals surface area contributed by atoms with Crippen LogP contribution in [0.15, 0.2) is 28.7 Å². The van der Waals surface area contributed by atoms with Crippen LogP contribution in [0.25, 0.3) is 0 Å². The first-order chi connectivity index (χ1) is 7.79. The summed E-state index contributed by atoms with van der Waals surface area (Å²) in [7, 11) is 0. The van der Waals surface area contributed by atoms with E-state index in [-0.39, 0.29) is 0 Å². The number of nitrogens with one attached hydrogen (secondary N) is 1. The molecule has 2 nitrogen and oxygen atoms in total. The minimum absolute atomic E-state index is 0.622. The first-order valence-electron chi connectivity index (χ1n) is 6.01. The molecule has 2 saturated heterocycles. The third-order valence-corrected chi connectivity index (χ3v) is 4.68. The van der Waals surface area contributed by atoms with E-state index in [2.05, 4.69) is 45.5 Å². The van der Waals surface area contributed by atoms with E-state index in [0.29, 0.717) is 23.9 Å². The fourth-order valence-electron chi connectivity index (χ4n) is 3.45. The van der Waals surface area contributed by atoms with Gasteiger partial charge in [0.2, 0.25) is 0 Å². The normalized spacial score (nSPS) is 36.9. The largest absolute Gasteiger partial charge is 0.330 e. The quantitative estimate of drug-likeness (QED) is 0.872. The summed E-state index contributed by atoms with van der Waals surface area (Å²) in [6.07, 6.45) is 2.61. The SMILES string of the molecule is NCC1C2CCC(N2)C1c1ccc(Br)cc1. The molecule has 3 rings (SSSR count). The Morgan fingerprint density at radius 3 is 2.56 bits per heavy atom. The topological polar surface area (TPSA) is 38.0 Å². The Hall–Kier alpha value is -0.380. The second-order valence-corrected chi connectivity index (χ2v) is 5.85. The van der Waals surface area contributed by atoms with Crippen molar-refractivity contribution < 1.29 is 0 Å². The van der Waals surface area contributed by atoms with Crippen LogP contribution in [0.2, 0.25) is 0 Å². The molecule has 0 saturated carbocycles. The van der Waals surface area contributed by atoms with Gasteiger partial charge in [0.1, 0.15) is 0 Å². The number of nitrogens with two attached hydrogens (primary N) is 1. The van der Waals surface area contributed by atoms with Crippen LogP contribution in [-0.4, -0.2) is 18.6 Å². The van der Waals surface area contributed by atoms with Gasteiger partial charge in [0.15, 0.2) is 0 Å². The lowest BCUT2D eigenvalue weighted by atomic mass is 9.75. The van der Waals surface area contributed by atoms with Gasteiger partial charge in [-0.15, -0.1) is 0 Å². The Balaban J connectivity index is 1.91. The van der Waals surface area contributed by atoms with E-state index in [4.69, 9.17) is 5.73 Å². The van der Waals surface area contributed by atoms with E-state index in [1.165, 1.54) is 18.4 Å². The maximum Gasteiger partial charge on any atom is 0.0175 e. The molecule has 1 aromatic rings. The molecule has 0 amide bonds. The highest BCUT2D eigenvalue weighted by Crippen LogP contribution is 2.44. The molecule has 2 heterocycles. The Labute approximate surface area is 105 Å². The van der Waals surface area contributed by atoms with Gasteiger partial charge in [-0.05, 0) is 43.0 Å². The van der Waals surface area contributed by atoms with E-state index in [1.54, 1.807) is 0 Å². The number of rotatable bonds is 2. The van der Waals surface area contributed by atoms with E-state index in [0.717, 1.165) is 11.0 Å². The molecule has 2 aliphatic heterocycles. The fraction of sp³-hybridized carbons (Fsp3) is 0.538. The first-order valence-corrected chi connectivity index (χ1v) is 6.80. The molecule has 1 aromatic carbocycles. The summed E-state index contributed by atoms with van der Waals surface area (Å²) < 4.78 is 1.15. The van der Waals surface area contributed by atoms with E-state index < -0.39 is 0 Å². The molecule has 3 heteroatoms. The predicted octanol–water partition coefficient (Wildman–Crippen LogP) is 2.24. The Morgan fingerprint density at radius 1 is 1.19 bits per heavy atom. The maximum absolute atomic E-state index is 5.93. The van der Waals surface area contributed by atoms with Crippen molar-refractivity contribution in [3.63, 3.8) is 0 Å². The lowest BCUT2D eigenvalue weighted by Crippen LogP contribution is -2.31. The summed E-state index contributed by atoms with van der Waals surface area (Å²) >= 11 is 3.49. The summed E-state index contributed by atoms with van der Waals surface area (Å²) in [4.78, 5) is 0. The molecule has 4 atom stereocenters. The minimum Gasteiger partial charge on any atom is -0.330 e. The van der Waals surface area contributed by atoms with Gasteiger partial charge in [0.25, 0.3) is 0 Å². The van der Waals surface area contributed by atoms with Crippen LogP contribution in [-0.2, 0) is 0 Å². The van der Waals surface area contributed by atoms with Crippen LogP contribution in [0.5, 0.6) is 0 Å². The Morgan fingerprint density at radius 2 is 1.88 bits per heavy atom. The Bertz CT molecular complexity index is 376. The molecule has 2 bridgehead atoms. The van der Waals surface area contributed by atoms with Crippen molar-refractivity contribution in [1.82, 2.24) is 5.32 Å². The smallest absolute Gasteiger partial charge is 0.0175 e. The van der Waals surface area contributed by atoms with Crippen molar-refractivity contribution >= 4 is 15.9 Å². The van der Waals surface area contributed by atoms with Crippen molar-refractivity contribution in [2.24, 2.45) is 11.7 Å². The van der Waals surface area contributed by atoms with Crippen LogP contribution in [0.3, 0.4) is 0 Å². The van der Waals surface area contributed by atoms with E-state index in [1.807, 2.05) is 0 Å². The molecule has 16 heavy (non-hydrogen) atoms. The summed E-state index contributed by atoms with van der Waals surface area (Å²) in [5.74, 6) is 1.25. The minimum atomic E-state index is 0.622. The highest BCUT2D eigenvalue weighted by atomic mass is 79.9. The highest BCUT2D eigenvalue weighted by molar-refractivity contribution is 9.10. The Kier molecular flexibility index (Phi) is 2.78. The molecule has 0 spiro atoms. The van der Waals surface area contributed by atoms with Gasteiger partial charge in [-0.3, -0.25) is 0 Å². The van der Waals surface area contributed by atoms with Crippen LogP contribution in [0.4, 0.5) is 0 Å². The fourth-order valence-corrected chi connectivity index (χ4v) is 3.71. The average molecular weight is 281 g/mol. The first kappa shape index (κ1) is 10.8. The molecule has 4 unspecified atom stereocenters. The number of halogens is 1. The third-order valence-electron chi connectivity index (χ3n) is 4.16. The summed E-state index contributed by atoms with van der Waals surface area (Å²) in [5, 5.41) is 3.70. The number of hydrogen-bond donors (Lipinski definition) is 2. The maximum atomic E-state index is 5.93. The molecule has 3 N–H and O–H groups in total. The van der Waals surface area contributed by atoms with E-state index in [9.17, 15) is 0 Å². The number of benzene rings is 1. The molecular formula is C13H17BrN2. The lowest BCUT2D eigenvalue weighted by Gasteiger charge is -2.28.